The molecule has 1 N–H and O–H groups in total. The highest BCUT2D eigenvalue weighted by atomic mass is 35.5. The van der Waals surface area contributed by atoms with Gasteiger partial charge in [0.1, 0.15) is 11.6 Å². The highest BCUT2D eigenvalue weighted by Gasteiger charge is 2.26. The van der Waals surface area contributed by atoms with Crippen molar-refractivity contribution in [2.75, 3.05) is 31.1 Å². The van der Waals surface area contributed by atoms with Gasteiger partial charge in [0, 0.05) is 38.4 Å². The van der Waals surface area contributed by atoms with E-state index in [1.165, 1.54) is 4.90 Å². The number of pyridine rings is 1. The van der Waals surface area contributed by atoms with Crippen LogP contribution in [0.4, 0.5) is 10.2 Å². The van der Waals surface area contributed by atoms with Gasteiger partial charge in [0.05, 0.1) is 15.5 Å². The lowest BCUT2D eigenvalue weighted by Gasteiger charge is -2.35. The van der Waals surface area contributed by atoms with Crippen molar-refractivity contribution in [1.82, 2.24) is 14.6 Å². The summed E-state index contributed by atoms with van der Waals surface area (Å²) in [6.45, 7) is 5.14. The predicted octanol–water partition coefficient (Wildman–Crippen LogP) is 2.52. The zero-order chi connectivity index (χ0) is 21.2. The van der Waals surface area contributed by atoms with E-state index in [9.17, 15) is 17.6 Å². The Kier molecular flexibility index (Phi) is 6.40. The van der Waals surface area contributed by atoms with Crippen molar-refractivity contribution in [1.29, 1.82) is 0 Å². The lowest BCUT2D eigenvalue weighted by Crippen LogP contribution is -2.49. The predicted molar refractivity (Wildman–Crippen MR) is 109 cm³/mol. The lowest BCUT2D eigenvalue weighted by molar-refractivity contribution is 0.0741. The third-order valence-electron chi connectivity index (χ3n) is 4.47. The molecule has 10 heteroatoms. The van der Waals surface area contributed by atoms with E-state index in [1.807, 2.05) is 4.90 Å². The number of hydrogen-bond donors (Lipinski definition) is 1. The number of carbonyl (C=O) groups excluding carboxylic acids is 1. The number of nitrogens with zero attached hydrogens (tertiary/aromatic N) is 3. The molecule has 2 aromatic rings. The molecule has 0 aliphatic carbocycles. The maximum atomic E-state index is 14.3. The van der Waals surface area contributed by atoms with Crippen molar-refractivity contribution in [3.05, 3.63) is 52.9 Å². The van der Waals surface area contributed by atoms with E-state index < -0.39 is 21.7 Å². The Morgan fingerprint density at radius 3 is 2.45 bits per heavy atom. The first-order valence-electron chi connectivity index (χ1n) is 9.15. The summed E-state index contributed by atoms with van der Waals surface area (Å²) in [5.74, 6) is -0.534. The molecule has 2 heterocycles. The normalized spacial score (nSPS) is 15.1. The van der Waals surface area contributed by atoms with Crippen LogP contribution in [0, 0.1) is 5.82 Å². The number of aromatic nitrogens is 1. The highest BCUT2D eigenvalue weighted by molar-refractivity contribution is 7.89. The number of hydrogen-bond acceptors (Lipinski definition) is 5. The van der Waals surface area contributed by atoms with Gasteiger partial charge < -0.3 is 9.80 Å². The van der Waals surface area contributed by atoms with Gasteiger partial charge in [-0.05, 0) is 44.2 Å². The van der Waals surface area contributed by atoms with Gasteiger partial charge in [-0.1, -0.05) is 11.6 Å². The van der Waals surface area contributed by atoms with Crippen molar-refractivity contribution >= 4 is 33.3 Å². The van der Waals surface area contributed by atoms with Gasteiger partial charge >= 0.3 is 0 Å². The Morgan fingerprint density at radius 1 is 1.17 bits per heavy atom. The number of benzene rings is 1. The molecule has 1 aromatic heterocycles. The Bertz CT molecular complexity index is 991. The van der Waals surface area contributed by atoms with Crippen molar-refractivity contribution in [3.8, 4) is 0 Å². The van der Waals surface area contributed by atoms with Gasteiger partial charge in [0.25, 0.3) is 5.91 Å². The zero-order valence-electron chi connectivity index (χ0n) is 16.1. The number of amides is 1. The molecule has 7 nitrogen and oxygen atoms in total. The minimum Gasteiger partial charge on any atom is -0.353 e. The minimum atomic E-state index is -3.83. The van der Waals surface area contributed by atoms with Crippen LogP contribution in [0.5, 0.6) is 0 Å². The van der Waals surface area contributed by atoms with Crippen LogP contribution >= 0.6 is 11.6 Å². The summed E-state index contributed by atoms with van der Waals surface area (Å²) in [7, 11) is -3.83. The molecule has 0 spiro atoms. The van der Waals surface area contributed by atoms with Gasteiger partial charge in [0.15, 0.2) is 0 Å². The number of sulfonamides is 1. The third kappa shape index (κ3) is 5.04. The molecular formula is C19H22ClFN4O3S. The molecule has 0 unspecified atom stereocenters. The fourth-order valence-corrected chi connectivity index (χ4v) is 4.47. The van der Waals surface area contributed by atoms with Gasteiger partial charge in [-0.2, -0.15) is 0 Å². The standard InChI is InChI=1S/C19H22ClFN4O3S/c1-13(2)23-29(27,28)15-4-5-17(21)16(11-15)19(26)25-9-7-24(8-10-25)18-6-3-14(20)12-22-18/h3-6,11-13,23H,7-10H2,1-2H3. The summed E-state index contributed by atoms with van der Waals surface area (Å²) >= 11 is 5.85. The highest BCUT2D eigenvalue weighted by Crippen LogP contribution is 2.20. The zero-order valence-corrected chi connectivity index (χ0v) is 17.7. The number of rotatable bonds is 5. The molecule has 1 aliphatic rings. The minimum absolute atomic E-state index is 0.139. The van der Waals surface area contributed by atoms with Crippen molar-refractivity contribution in [2.24, 2.45) is 0 Å². The van der Waals surface area contributed by atoms with E-state index >= 15 is 0 Å². The van der Waals surface area contributed by atoms with Gasteiger partial charge in [-0.15, -0.1) is 0 Å². The number of anilines is 1. The Balaban J connectivity index is 1.74. The molecule has 1 aromatic carbocycles. The molecule has 0 saturated carbocycles. The molecule has 3 rings (SSSR count). The molecule has 1 aliphatic heterocycles. The maximum Gasteiger partial charge on any atom is 0.256 e. The van der Waals surface area contributed by atoms with Crippen LogP contribution in [-0.4, -0.2) is 56.4 Å². The summed E-state index contributed by atoms with van der Waals surface area (Å²) in [5, 5.41) is 0.542. The molecule has 0 atom stereocenters. The number of carbonyl (C=O) groups is 1. The SMILES string of the molecule is CC(C)NS(=O)(=O)c1ccc(F)c(C(=O)N2CCN(c3ccc(Cl)cn3)CC2)c1. The molecule has 1 amide bonds. The van der Waals surface area contributed by atoms with E-state index in [2.05, 4.69) is 9.71 Å². The largest absolute Gasteiger partial charge is 0.353 e. The summed E-state index contributed by atoms with van der Waals surface area (Å²) in [6, 6.07) is 6.48. The van der Waals surface area contributed by atoms with E-state index in [0.29, 0.717) is 31.2 Å². The van der Waals surface area contributed by atoms with Crippen LogP contribution in [0.2, 0.25) is 5.02 Å². The van der Waals surface area contributed by atoms with E-state index in [4.69, 9.17) is 11.6 Å². The van der Waals surface area contributed by atoms with E-state index in [0.717, 1.165) is 24.0 Å². The molecular weight excluding hydrogens is 419 g/mol. The fourth-order valence-electron chi connectivity index (χ4n) is 3.08. The first-order valence-corrected chi connectivity index (χ1v) is 11.0. The smallest absolute Gasteiger partial charge is 0.256 e. The van der Waals surface area contributed by atoms with Crippen LogP contribution in [-0.2, 0) is 10.0 Å². The molecule has 1 fully saturated rings. The Morgan fingerprint density at radius 2 is 1.86 bits per heavy atom. The molecule has 0 bridgehead atoms. The van der Waals surface area contributed by atoms with E-state index in [1.54, 1.807) is 32.2 Å². The van der Waals surface area contributed by atoms with Crippen LogP contribution in [0.3, 0.4) is 0 Å². The van der Waals surface area contributed by atoms with Crippen LogP contribution < -0.4 is 9.62 Å². The van der Waals surface area contributed by atoms with Crippen molar-refractivity contribution in [3.63, 3.8) is 0 Å². The summed E-state index contributed by atoms with van der Waals surface area (Å²) in [4.78, 5) is 20.5. The second kappa shape index (κ2) is 8.64. The first-order chi connectivity index (χ1) is 13.7. The second-order valence-corrected chi connectivity index (χ2v) is 9.18. The van der Waals surface area contributed by atoms with Crippen LogP contribution in [0.25, 0.3) is 0 Å². The average molecular weight is 441 g/mol. The van der Waals surface area contributed by atoms with Crippen molar-refractivity contribution in [2.45, 2.75) is 24.8 Å². The molecule has 156 valence electrons. The number of piperazine rings is 1. The van der Waals surface area contributed by atoms with Gasteiger partial charge in [-0.25, -0.2) is 22.5 Å². The Hall–Kier alpha value is -2.23. The van der Waals surface area contributed by atoms with Gasteiger partial charge in [-0.3, -0.25) is 4.79 Å². The van der Waals surface area contributed by atoms with Gasteiger partial charge in [0.2, 0.25) is 10.0 Å². The molecule has 29 heavy (non-hydrogen) atoms. The summed E-state index contributed by atoms with van der Waals surface area (Å²) in [6.07, 6.45) is 1.56. The van der Waals surface area contributed by atoms with E-state index in [-0.39, 0.29) is 16.5 Å². The van der Waals surface area contributed by atoms with Crippen LogP contribution in [0.1, 0.15) is 24.2 Å². The Labute approximate surface area is 174 Å². The first kappa shape index (κ1) is 21.5. The van der Waals surface area contributed by atoms with Crippen molar-refractivity contribution < 1.29 is 17.6 Å². The maximum absolute atomic E-state index is 14.3. The average Bonchev–Trinajstić information content (AvgIpc) is 2.67. The second-order valence-electron chi connectivity index (χ2n) is 7.03. The fraction of sp³-hybridized carbons (Fsp3) is 0.368. The third-order valence-corrected chi connectivity index (χ3v) is 6.35. The summed E-state index contributed by atoms with van der Waals surface area (Å²) in [5.41, 5.74) is -0.255. The van der Waals surface area contributed by atoms with Crippen LogP contribution in [0.15, 0.2) is 41.4 Å². The topological polar surface area (TPSA) is 82.6 Å². The number of nitrogens with one attached hydrogen (secondary N) is 1. The molecule has 1 saturated heterocycles. The molecule has 0 radical (unpaired) electrons. The lowest BCUT2D eigenvalue weighted by atomic mass is 10.1. The summed E-state index contributed by atoms with van der Waals surface area (Å²) < 4.78 is 41.4. The number of halogens is 2. The monoisotopic (exact) mass is 440 g/mol. The quantitative estimate of drug-likeness (QED) is 0.772.